The topological polar surface area (TPSA) is 82.6 Å². The first-order valence-corrected chi connectivity index (χ1v) is 9.74. The Balaban J connectivity index is 2.02. The molecule has 0 aliphatic heterocycles. The number of halogens is 4. The SMILES string of the molecule is COC(=O)c1cccc2[nH]c(CC(O)(CC(C)(C)c3cc(F)ccc3O)C(F)(F)F)cc12. The number of aromatic hydroxyl groups is 1. The number of phenolic OH excluding ortho intramolecular Hbond substituents is 1. The number of benzene rings is 2. The Hall–Kier alpha value is -3.07. The summed E-state index contributed by atoms with van der Waals surface area (Å²) in [4.78, 5) is 14.8. The summed E-state index contributed by atoms with van der Waals surface area (Å²) in [6.07, 6.45) is -6.72. The third-order valence-corrected chi connectivity index (χ3v) is 5.56. The van der Waals surface area contributed by atoms with Crippen molar-refractivity contribution in [3.63, 3.8) is 0 Å². The molecule has 0 aliphatic rings. The molecule has 32 heavy (non-hydrogen) atoms. The lowest BCUT2D eigenvalue weighted by Gasteiger charge is -2.38. The van der Waals surface area contributed by atoms with Crippen molar-refractivity contribution in [2.75, 3.05) is 7.11 Å². The zero-order valence-corrected chi connectivity index (χ0v) is 17.7. The molecule has 1 atom stereocenters. The number of aromatic nitrogens is 1. The van der Waals surface area contributed by atoms with Crippen LogP contribution in [0.5, 0.6) is 5.75 Å². The number of carbonyl (C=O) groups is 1. The molecule has 5 nitrogen and oxygen atoms in total. The number of nitrogens with one attached hydrogen (secondary N) is 1. The molecule has 0 saturated carbocycles. The quantitative estimate of drug-likeness (QED) is 0.362. The Labute approximate surface area is 181 Å². The van der Waals surface area contributed by atoms with Gasteiger partial charge in [0.1, 0.15) is 11.6 Å². The number of rotatable bonds is 6. The van der Waals surface area contributed by atoms with Crippen LogP contribution in [0.15, 0.2) is 42.5 Å². The second-order valence-corrected chi connectivity index (χ2v) is 8.48. The van der Waals surface area contributed by atoms with E-state index in [0.717, 1.165) is 18.2 Å². The lowest BCUT2D eigenvalue weighted by Crippen LogP contribution is -2.50. The number of aliphatic hydroxyl groups is 1. The van der Waals surface area contributed by atoms with E-state index in [1.807, 2.05) is 0 Å². The molecule has 172 valence electrons. The summed E-state index contributed by atoms with van der Waals surface area (Å²) in [7, 11) is 1.20. The lowest BCUT2D eigenvalue weighted by molar-refractivity contribution is -0.266. The van der Waals surface area contributed by atoms with Crippen LogP contribution in [0.4, 0.5) is 17.6 Å². The highest BCUT2D eigenvalue weighted by Gasteiger charge is 2.56. The maximum Gasteiger partial charge on any atom is 0.417 e. The lowest BCUT2D eigenvalue weighted by atomic mass is 9.73. The fourth-order valence-electron chi connectivity index (χ4n) is 4.05. The second kappa shape index (κ2) is 8.12. The van der Waals surface area contributed by atoms with Crippen molar-refractivity contribution < 1.29 is 37.3 Å². The number of ether oxygens (including phenoxy) is 1. The molecule has 2 aromatic carbocycles. The summed E-state index contributed by atoms with van der Waals surface area (Å²) in [5.74, 6) is -1.73. The molecule has 3 rings (SSSR count). The van der Waals surface area contributed by atoms with Gasteiger partial charge in [-0.1, -0.05) is 19.9 Å². The van der Waals surface area contributed by atoms with Crippen molar-refractivity contribution in [1.29, 1.82) is 0 Å². The summed E-state index contributed by atoms with van der Waals surface area (Å²) < 4.78 is 60.6. The van der Waals surface area contributed by atoms with E-state index in [-0.39, 0.29) is 22.6 Å². The molecule has 0 bridgehead atoms. The van der Waals surface area contributed by atoms with Crippen LogP contribution >= 0.6 is 0 Å². The number of phenols is 1. The fraction of sp³-hybridized carbons (Fsp3) is 0.348. The molecule has 0 amide bonds. The number of esters is 1. The van der Waals surface area contributed by atoms with Gasteiger partial charge >= 0.3 is 12.1 Å². The summed E-state index contributed by atoms with van der Waals surface area (Å²) >= 11 is 0. The van der Waals surface area contributed by atoms with Crippen molar-refractivity contribution in [2.24, 2.45) is 0 Å². The highest BCUT2D eigenvalue weighted by Crippen LogP contribution is 2.45. The predicted molar refractivity (Wildman–Crippen MR) is 110 cm³/mol. The van der Waals surface area contributed by atoms with Gasteiger partial charge in [0.15, 0.2) is 5.60 Å². The van der Waals surface area contributed by atoms with Gasteiger partial charge in [-0.3, -0.25) is 0 Å². The summed E-state index contributed by atoms with van der Waals surface area (Å²) in [5.41, 5.74) is -4.05. The first-order valence-electron chi connectivity index (χ1n) is 9.74. The molecule has 3 N–H and O–H groups in total. The first-order chi connectivity index (χ1) is 14.8. The minimum atomic E-state index is -5.03. The van der Waals surface area contributed by atoms with E-state index in [9.17, 15) is 32.6 Å². The Morgan fingerprint density at radius 2 is 1.81 bits per heavy atom. The number of fused-ring (bicyclic) bond motifs is 1. The van der Waals surface area contributed by atoms with Crippen LogP contribution in [0, 0.1) is 5.82 Å². The first kappa shape index (κ1) is 23.6. The average molecular weight is 453 g/mol. The largest absolute Gasteiger partial charge is 0.508 e. The van der Waals surface area contributed by atoms with Crippen LogP contribution in [0.25, 0.3) is 10.9 Å². The maximum absolute atomic E-state index is 14.1. The highest BCUT2D eigenvalue weighted by atomic mass is 19.4. The van der Waals surface area contributed by atoms with Gasteiger partial charge in [0, 0.05) is 28.6 Å². The molecule has 1 heterocycles. The zero-order chi connectivity index (χ0) is 23.9. The number of hydrogen-bond acceptors (Lipinski definition) is 4. The molecular formula is C23H23F4NO4. The maximum atomic E-state index is 14.1. The van der Waals surface area contributed by atoms with E-state index in [4.69, 9.17) is 4.74 Å². The van der Waals surface area contributed by atoms with Crippen LogP contribution in [-0.2, 0) is 16.6 Å². The van der Waals surface area contributed by atoms with Gasteiger partial charge in [-0.05, 0) is 48.2 Å². The van der Waals surface area contributed by atoms with Gasteiger partial charge in [0.25, 0.3) is 0 Å². The summed E-state index contributed by atoms with van der Waals surface area (Å²) in [6, 6.07) is 9.01. The smallest absolute Gasteiger partial charge is 0.417 e. The van der Waals surface area contributed by atoms with Crippen molar-refractivity contribution in [3.8, 4) is 5.75 Å². The van der Waals surface area contributed by atoms with Gasteiger partial charge < -0.3 is 19.9 Å². The molecule has 9 heteroatoms. The van der Waals surface area contributed by atoms with Gasteiger partial charge in [0.2, 0.25) is 0 Å². The number of hydrogen-bond donors (Lipinski definition) is 3. The molecule has 0 spiro atoms. The molecule has 0 fully saturated rings. The van der Waals surface area contributed by atoms with Crippen molar-refractivity contribution in [1.82, 2.24) is 4.98 Å². The van der Waals surface area contributed by atoms with Crippen LogP contribution in [0.2, 0.25) is 0 Å². The average Bonchev–Trinajstić information content (AvgIpc) is 3.09. The Kier molecular flexibility index (Phi) is 5.99. The monoisotopic (exact) mass is 453 g/mol. The Bertz CT molecular complexity index is 1150. The van der Waals surface area contributed by atoms with Crippen molar-refractivity contribution in [2.45, 2.75) is 43.9 Å². The number of carbonyl (C=O) groups excluding carboxylic acids is 1. The summed E-state index contributed by atoms with van der Waals surface area (Å²) in [5, 5.41) is 21.2. The number of aromatic amines is 1. The van der Waals surface area contributed by atoms with E-state index < -0.39 is 41.8 Å². The predicted octanol–water partition coefficient (Wildman–Crippen LogP) is 5.00. The normalized spacial score (nSPS) is 14.4. The zero-order valence-electron chi connectivity index (χ0n) is 17.7. The Morgan fingerprint density at radius 1 is 1.12 bits per heavy atom. The van der Waals surface area contributed by atoms with Crippen LogP contribution in [0.1, 0.15) is 41.9 Å². The molecule has 1 aromatic heterocycles. The minimum absolute atomic E-state index is 0.0511. The van der Waals surface area contributed by atoms with Crippen LogP contribution in [-0.4, -0.2) is 40.1 Å². The van der Waals surface area contributed by atoms with Crippen molar-refractivity contribution >= 4 is 16.9 Å². The van der Waals surface area contributed by atoms with E-state index in [0.29, 0.717) is 10.9 Å². The molecular weight excluding hydrogens is 430 g/mol. The number of alkyl halides is 3. The van der Waals surface area contributed by atoms with E-state index in [2.05, 4.69) is 4.98 Å². The highest BCUT2D eigenvalue weighted by molar-refractivity contribution is 6.03. The fourth-order valence-corrected chi connectivity index (χ4v) is 4.05. The van der Waals surface area contributed by atoms with Crippen molar-refractivity contribution in [3.05, 3.63) is 65.1 Å². The minimum Gasteiger partial charge on any atom is -0.508 e. The van der Waals surface area contributed by atoms with Crippen LogP contribution in [0.3, 0.4) is 0 Å². The van der Waals surface area contributed by atoms with E-state index >= 15 is 0 Å². The molecule has 0 saturated heterocycles. The van der Waals surface area contributed by atoms with Gasteiger partial charge in [-0.15, -0.1) is 0 Å². The number of methoxy groups -OCH3 is 1. The second-order valence-electron chi connectivity index (χ2n) is 8.48. The number of H-pyrrole nitrogens is 1. The standard InChI is InChI=1S/C23H23F4NO4/c1-21(2,17-9-13(24)7-8-19(17)29)12-22(31,23(25,26)27)11-14-10-16-15(20(30)32-3)5-4-6-18(16)28-14/h4-10,28-29,31H,11-12H2,1-3H3. The molecule has 0 aliphatic carbocycles. The van der Waals surface area contributed by atoms with E-state index in [1.54, 1.807) is 12.1 Å². The summed E-state index contributed by atoms with van der Waals surface area (Å²) in [6.45, 7) is 2.78. The Morgan fingerprint density at radius 3 is 2.44 bits per heavy atom. The van der Waals surface area contributed by atoms with Gasteiger partial charge in [-0.2, -0.15) is 13.2 Å². The third kappa shape index (κ3) is 4.43. The molecule has 3 aromatic rings. The molecule has 1 unspecified atom stereocenters. The van der Waals surface area contributed by atoms with Crippen LogP contribution < -0.4 is 0 Å². The van der Waals surface area contributed by atoms with Gasteiger partial charge in [0.05, 0.1) is 12.7 Å². The van der Waals surface area contributed by atoms with E-state index in [1.165, 1.54) is 33.1 Å². The van der Waals surface area contributed by atoms with Gasteiger partial charge in [-0.25, -0.2) is 9.18 Å². The third-order valence-electron chi connectivity index (χ3n) is 5.56. The molecule has 0 radical (unpaired) electrons.